The Morgan fingerprint density at radius 3 is 2.06 bits per heavy atom. The number of carbonyl (C=O) groups is 2. The Labute approximate surface area is 189 Å². The monoisotopic (exact) mass is 434 g/mol. The lowest BCUT2D eigenvalue weighted by molar-refractivity contribution is -0.141. The first-order chi connectivity index (χ1) is 15.2. The first kappa shape index (κ1) is 22.8. The Bertz CT molecular complexity index is 927. The average Bonchev–Trinajstić information content (AvgIpc) is 3.31. The van der Waals surface area contributed by atoms with Crippen LogP contribution in [-0.4, -0.2) is 34.7 Å². The van der Waals surface area contributed by atoms with Crippen molar-refractivity contribution in [2.75, 3.05) is 13.1 Å². The van der Waals surface area contributed by atoms with Gasteiger partial charge < -0.3 is 9.80 Å². The SMILES string of the molecule is CCCN(CC(=O)N(Cc1ccccc1)Cc1cccs1)C(=O)CCc1ccccc1. The van der Waals surface area contributed by atoms with Crippen molar-refractivity contribution < 1.29 is 9.59 Å². The topological polar surface area (TPSA) is 40.6 Å². The molecular weight excluding hydrogens is 404 g/mol. The molecule has 5 heteroatoms. The van der Waals surface area contributed by atoms with Gasteiger partial charge in [-0.3, -0.25) is 9.59 Å². The van der Waals surface area contributed by atoms with Gasteiger partial charge in [0.25, 0.3) is 0 Å². The summed E-state index contributed by atoms with van der Waals surface area (Å²) in [6.45, 7) is 3.85. The van der Waals surface area contributed by atoms with Crippen LogP contribution in [0.3, 0.4) is 0 Å². The van der Waals surface area contributed by atoms with Gasteiger partial charge in [-0.25, -0.2) is 0 Å². The molecule has 4 nitrogen and oxygen atoms in total. The fourth-order valence-corrected chi connectivity index (χ4v) is 4.23. The Balaban J connectivity index is 1.66. The predicted octanol–water partition coefficient (Wildman–Crippen LogP) is 5.15. The smallest absolute Gasteiger partial charge is 0.242 e. The van der Waals surface area contributed by atoms with Gasteiger partial charge in [0, 0.05) is 24.4 Å². The van der Waals surface area contributed by atoms with Crippen LogP contribution in [0.5, 0.6) is 0 Å². The first-order valence-corrected chi connectivity index (χ1v) is 11.7. The van der Waals surface area contributed by atoms with Gasteiger partial charge in [0.05, 0.1) is 13.1 Å². The number of rotatable bonds is 11. The van der Waals surface area contributed by atoms with E-state index in [-0.39, 0.29) is 18.4 Å². The minimum Gasteiger partial charge on any atom is -0.333 e. The first-order valence-electron chi connectivity index (χ1n) is 10.8. The highest BCUT2D eigenvalue weighted by atomic mass is 32.1. The average molecular weight is 435 g/mol. The lowest BCUT2D eigenvalue weighted by atomic mass is 10.1. The molecule has 0 saturated heterocycles. The zero-order valence-corrected chi connectivity index (χ0v) is 18.9. The summed E-state index contributed by atoms with van der Waals surface area (Å²) in [6.07, 6.45) is 1.94. The Hall–Kier alpha value is -2.92. The normalized spacial score (nSPS) is 10.6. The second kappa shape index (κ2) is 12.1. The molecule has 1 heterocycles. The van der Waals surface area contributed by atoms with Crippen LogP contribution < -0.4 is 0 Å². The van der Waals surface area contributed by atoms with E-state index in [1.165, 1.54) is 0 Å². The standard InChI is InChI=1S/C26H30N2O2S/c1-2-17-27(25(29)16-15-22-10-5-3-6-11-22)21-26(30)28(20-24-14-9-18-31-24)19-23-12-7-4-8-13-23/h3-14,18H,2,15-17,19-21H2,1H3. The summed E-state index contributed by atoms with van der Waals surface area (Å²) in [7, 11) is 0. The van der Waals surface area contributed by atoms with E-state index in [1.807, 2.05) is 90.0 Å². The Kier molecular flexibility index (Phi) is 8.85. The van der Waals surface area contributed by atoms with Gasteiger partial charge in [-0.2, -0.15) is 0 Å². The molecule has 1 aromatic heterocycles. The maximum Gasteiger partial charge on any atom is 0.242 e. The summed E-state index contributed by atoms with van der Waals surface area (Å²) in [6, 6.07) is 24.1. The summed E-state index contributed by atoms with van der Waals surface area (Å²) in [5.41, 5.74) is 2.23. The number of nitrogens with zero attached hydrogens (tertiary/aromatic N) is 2. The van der Waals surface area contributed by atoms with E-state index < -0.39 is 0 Å². The van der Waals surface area contributed by atoms with Gasteiger partial charge >= 0.3 is 0 Å². The van der Waals surface area contributed by atoms with Gasteiger partial charge in [-0.05, 0) is 35.4 Å². The zero-order chi connectivity index (χ0) is 21.9. The third kappa shape index (κ3) is 7.37. The third-order valence-corrected chi connectivity index (χ3v) is 6.00. The van der Waals surface area contributed by atoms with Crippen LogP contribution in [0.4, 0.5) is 0 Å². The number of carbonyl (C=O) groups excluding carboxylic acids is 2. The van der Waals surface area contributed by atoms with E-state index in [2.05, 4.69) is 0 Å². The molecule has 0 N–H and O–H groups in total. The van der Waals surface area contributed by atoms with Crippen LogP contribution in [0, 0.1) is 0 Å². The molecule has 2 aromatic carbocycles. The number of thiophene rings is 1. The summed E-state index contributed by atoms with van der Waals surface area (Å²) in [4.78, 5) is 30.9. The maximum absolute atomic E-state index is 13.3. The molecule has 3 rings (SSSR count). The van der Waals surface area contributed by atoms with Gasteiger partial charge in [0.2, 0.25) is 11.8 Å². The molecule has 0 saturated carbocycles. The number of benzene rings is 2. The second-order valence-electron chi connectivity index (χ2n) is 7.62. The van der Waals surface area contributed by atoms with Gasteiger partial charge in [-0.15, -0.1) is 11.3 Å². The summed E-state index contributed by atoms with van der Waals surface area (Å²) in [5, 5.41) is 2.02. The number of aryl methyl sites for hydroxylation is 1. The fourth-order valence-electron chi connectivity index (χ4n) is 3.51. The van der Waals surface area contributed by atoms with Crippen molar-refractivity contribution in [3.63, 3.8) is 0 Å². The highest BCUT2D eigenvalue weighted by molar-refractivity contribution is 7.09. The molecule has 0 unspecified atom stereocenters. The lowest BCUT2D eigenvalue weighted by Gasteiger charge is -2.27. The molecule has 2 amide bonds. The minimum absolute atomic E-state index is 0.0150. The Morgan fingerprint density at radius 1 is 0.774 bits per heavy atom. The van der Waals surface area contributed by atoms with Crippen molar-refractivity contribution in [3.05, 3.63) is 94.2 Å². The molecule has 0 aliphatic heterocycles. The van der Waals surface area contributed by atoms with E-state index in [0.717, 1.165) is 22.4 Å². The summed E-state index contributed by atoms with van der Waals surface area (Å²) in [5.74, 6) is 0.0219. The van der Waals surface area contributed by atoms with Crippen molar-refractivity contribution in [1.29, 1.82) is 0 Å². The number of hydrogen-bond donors (Lipinski definition) is 0. The van der Waals surface area contributed by atoms with Crippen LogP contribution in [0.1, 0.15) is 35.8 Å². The van der Waals surface area contributed by atoms with E-state index in [4.69, 9.17) is 0 Å². The highest BCUT2D eigenvalue weighted by Crippen LogP contribution is 2.16. The van der Waals surface area contributed by atoms with Gasteiger partial charge in [0.15, 0.2) is 0 Å². The van der Waals surface area contributed by atoms with Crippen LogP contribution in [-0.2, 0) is 29.1 Å². The van der Waals surface area contributed by atoms with Crippen LogP contribution in [0.25, 0.3) is 0 Å². The largest absolute Gasteiger partial charge is 0.333 e. The molecule has 0 aliphatic rings. The molecule has 31 heavy (non-hydrogen) atoms. The predicted molar refractivity (Wildman–Crippen MR) is 127 cm³/mol. The van der Waals surface area contributed by atoms with E-state index in [1.54, 1.807) is 16.2 Å². The fraction of sp³-hybridized carbons (Fsp3) is 0.308. The van der Waals surface area contributed by atoms with E-state index in [9.17, 15) is 9.59 Å². The molecular formula is C26H30N2O2S. The Morgan fingerprint density at radius 2 is 1.45 bits per heavy atom. The quantitative estimate of drug-likeness (QED) is 0.419. The molecule has 0 spiro atoms. The van der Waals surface area contributed by atoms with Crippen LogP contribution in [0.2, 0.25) is 0 Å². The van der Waals surface area contributed by atoms with Crippen LogP contribution >= 0.6 is 11.3 Å². The van der Waals surface area contributed by atoms with Crippen molar-refractivity contribution in [1.82, 2.24) is 9.80 Å². The third-order valence-electron chi connectivity index (χ3n) is 5.14. The molecule has 3 aromatic rings. The molecule has 0 fully saturated rings. The summed E-state index contributed by atoms with van der Waals surface area (Å²) >= 11 is 1.65. The minimum atomic E-state index is -0.0150. The van der Waals surface area contributed by atoms with Crippen molar-refractivity contribution in [2.24, 2.45) is 0 Å². The number of amides is 2. The number of hydrogen-bond acceptors (Lipinski definition) is 3. The van der Waals surface area contributed by atoms with Gasteiger partial charge in [0.1, 0.15) is 0 Å². The van der Waals surface area contributed by atoms with E-state index in [0.29, 0.717) is 32.5 Å². The molecule has 0 atom stereocenters. The maximum atomic E-state index is 13.3. The molecule has 0 bridgehead atoms. The molecule has 162 valence electrons. The molecule has 0 aliphatic carbocycles. The highest BCUT2D eigenvalue weighted by Gasteiger charge is 2.21. The molecule has 0 radical (unpaired) electrons. The van der Waals surface area contributed by atoms with Crippen molar-refractivity contribution >= 4 is 23.2 Å². The van der Waals surface area contributed by atoms with Crippen molar-refractivity contribution in [2.45, 2.75) is 39.3 Å². The summed E-state index contributed by atoms with van der Waals surface area (Å²) < 4.78 is 0. The van der Waals surface area contributed by atoms with Crippen LogP contribution in [0.15, 0.2) is 78.2 Å². The van der Waals surface area contributed by atoms with E-state index >= 15 is 0 Å². The lowest BCUT2D eigenvalue weighted by Crippen LogP contribution is -2.42. The second-order valence-corrected chi connectivity index (χ2v) is 8.65. The van der Waals surface area contributed by atoms with Crippen molar-refractivity contribution in [3.8, 4) is 0 Å². The zero-order valence-electron chi connectivity index (χ0n) is 18.1. The van der Waals surface area contributed by atoms with Gasteiger partial charge in [-0.1, -0.05) is 73.7 Å².